The number of primary amides is 1. The molecule has 25 heavy (non-hydrogen) atoms. The number of hydrogen-bond donors (Lipinski definition) is 2. The number of benzene rings is 1. The third-order valence-electron chi connectivity index (χ3n) is 4.22. The number of carbonyl (C=O) groups is 3. The smallest absolute Gasteiger partial charge is 0.244 e. The van der Waals surface area contributed by atoms with E-state index in [-0.39, 0.29) is 24.8 Å². The lowest BCUT2D eigenvalue weighted by Crippen LogP contribution is -2.41. The van der Waals surface area contributed by atoms with Gasteiger partial charge in [0.15, 0.2) is 0 Å². The minimum atomic E-state index is -0.914. The minimum absolute atomic E-state index is 0.104. The van der Waals surface area contributed by atoms with Crippen molar-refractivity contribution in [2.75, 3.05) is 6.54 Å². The molecule has 7 heteroatoms. The van der Waals surface area contributed by atoms with E-state index in [9.17, 15) is 14.4 Å². The monoisotopic (exact) mass is 341 g/mol. The van der Waals surface area contributed by atoms with Crippen LogP contribution in [-0.4, -0.2) is 29.2 Å². The number of nitrogens with two attached hydrogens (primary N) is 1. The number of carbonyl (C=O) groups excluding carboxylic acids is 3. The molecule has 1 aliphatic heterocycles. The number of amides is 3. The summed E-state index contributed by atoms with van der Waals surface area (Å²) in [5.41, 5.74) is 6.03. The first-order valence-electron chi connectivity index (χ1n) is 7.99. The third-order valence-corrected chi connectivity index (χ3v) is 4.22. The molecule has 1 aromatic heterocycles. The first kappa shape index (κ1) is 16.8. The van der Waals surface area contributed by atoms with Crippen LogP contribution in [0.4, 0.5) is 0 Å². The molecule has 0 saturated carbocycles. The average Bonchev–Trinajstić information content (AvgIpc) is 3.24. The maximum absolute atomic E-state index is 12.5. The van der Waals surface area contributed by atoms with Crippen molar-refractivity contribution < 1.29 is 18.8 Å². The Hall–Kier alpha value is -3.09. The Bertz CT molecular complexity index is 758. The third kappa shape index (κ3) is 3.88. The molecule has 1 aliphatic rings. The second-order valence-corrected chi connectivity index (χ2v) is 6.01. The Labute approximate surface area is 144 Å². The Balaban J connectivity index is 1.64. The zero-order chi connectivity index (χ0) is 17.8. The number of rotatable bonds is 6. The number of furan rings is 1. The van der Waals surface area contributed by atoms with Gasteiger partial charge in [-0.1, -0.05) is 30.3 Å². The molecular weight excluding hydrogens is 322 g/mol. The highest BCUT2D eigenvalue weighted by Gasteiger charge is 2.36. The molecule has 0 radical (unpaired) electrons. The quantitative estimate of drug-likeness (QED) is 0.816. The van der Waals surface area contributed by atoms with Crippen LogP contribution < -0.4 is 11.1 Å². The summed E-state index contributed by atoms with van der Waals surface area (Å²) >= 11 is 0. The second-order valence-electron chi connectivity index (χ2n) is 6.01. The van der Waals surface area contributed by atoms with Gasteiger partial charge in [-0.15, -0.1) is 0 Å². The predicted molar refractivity (Wildman–Crippen MR) is 88.8 cm³/mol. The summed E-state index contributed by atoms with van der Waals surface area (Å²) in [7, 11) is 0. The SMILES string of the molecule is NC(=O)C(NC(=O)C1CC(=O)N(Cc2ccco2)C1)c1ccccc1. The van der Waals surface area contributed by atoms with E-state index in [0.717, 1.165) is 0 Å². The summed E-state index contributed by atoms with van der Waals surface area (Å²) in [5.74, 6) is -0.979. The van der Waals surface area contributed by atoms with E-state index in [1.165, 1.54) is 6.26 Å². The van der Waals surface area contributed by atoms with Crippen molar-refractivity contribution in [2.24, 2.45) is 11.7 Å². The van der Waals surface area contributed by atoms with Gasteiger partial charge in [0, 0.05) is 13.0 Å². The van der Waals surface area contributed by atoms with Gasteiger partial charge >= 0.3 is 0 Å². The Morgan fingerprint density at radius 1 is 1.24 bits per heavy atom. The molecule has 130 valence electrons. The summed E-state index contributed by atoms with van der Waals surface area (Å²) in [6, 6.07) is 11.4. The van der Waals surface area contributed by atoms with Crippen molar-refractivity contribution in [3.8, 4) is 0 Å². The standard InChI is InChI=1S/C18H19N3O4/c19-17(23)16(12-5-2-1-3-6-12)20-18(24)13-9-15(22)21(10-13)11-14-7-4-8-25-14/h1-8,13,16H,9-11H2,(H2,19,23)(H,20,24). The molecule has 1 aromatic carbocycles. The summed E-state index contributed by atoms with van der Waals surface area (Å²) < 4.78 is 5.24. The topological polar surface area (TPSA) is 106 Å². The Morgan fingerprint density at radius 2 is 2.00 bits per heavy atom. The van der Waals surface area contributed by atoms with E-state index >= 15 is 0 Å². The Kier molecular flexibility index (Phi) is 4.83. The van der Waals surface area contributed by atoms with Crippen molar-refractivity contribution in [2.45, 2.75) is 19.0 Å². The van der Waals surface area contributed by atoms with E-state index in [1.54, 1.807) is 41.3 Å². The molecule has 3 rings (SSSR count). The minimum Gasteiger partial charge on any atom is -0.467 e. The summed E-state index contributed by atoms with van der Waals surface area (Å²) in [6.07, 6.45) is 1.64. The van der Waals surface area contributed by atoms with Gasteiger partial charge in [0.05, 0.1) is 18.7 Å². The highest BCUT2D eigenvalue weighted by atomic mass is 16.3. The predicted octanol–water partition coefficient (Wildman–Crippen LogP) is 0.971. The van der Waals surface area contributed by atoms with Crippen LogP contribution in [0.25, 0.3) is 0 Å². The summed E-state index contributed by atoms with van der Waals surface area (Å²) in [5, 5.41) is 2.66. The van der Waals surface area contributed by atoms with E-state index in [2.05, 4.69) is 5.32 Å². The van der Waals surface area contributed by atoms with Gasteiger partial charge in [0.2, 0.25) is 17.7 Å². The fourth-order valence-corrected chi connectivity index (χ4v) is 2.92. The van der Waals surface area contributed by atoms with Gasteiger partial charge < -0.3 is 20.4 Å². The first-order valence-corrected chi connectivity index (χ1v) is 7.99. The van der Waals surface area contributed by atoms with Crippen molar-refractivity contribution in [1.29, 1.82) is 0 Å². The van der Waals surface area contributed by atoms with Gasteiger partial charge in [-0.3, -0.25) is 14.4 Å². The molecule has 0 spiro atoms. The van der Waals surface area contributed by atoms with Crippen molar-refractivity contribution in [3.63, 3.8) is 0 Å². The largest absolute Gasteiger partial charge is 0.467 e. The fourth-order valence-electron chi connectivity index (χ4n) is 2.92. The molecule has 2 atom stereocenters. The molecule has 3 amide bonds. The van der Waals surface area contributed by atoms with E-state index in [4.69, 9.17) is 10.2 Å². The van der Waals surface area contributed by atoms with Crippen LogP contribution in [0.15, 0.2) is 53.1 Å². The van der Waals surface area contributed by atoms with Crippen LogP contribution >= 0.6 is 0 Å². The number of likely N-dealkylation sites (tertiary alicyclic amines) is 1. The van der Waals surface area contributed by atoms with Crippen LogP contribution in [0.3, 0.4) is 0 Å². The highest BCUT2D eigenvalue weighted by molar-refractivity contribution is 5.92. The maximum atomic E-state index is 12.5. The molecule has 7 nitrogen and oxygen atoms in total. The Morgan fingerprint density at radius 3 is 2.64 bits per heavy atom. The molecule has 2 aromatic rings. The van der Waals surface area contributed by atoms with Crippen LogP contribution in [0.1, 0.15) is 23.8 Å². The lowest BCUT2D eigenvalue weighted by Gasteiger charge is -2.19. The van der Waals surface area contributed by atoms with E-state index < -0.39 is 17.9 Å². The molecule has 0 bridgehead atoms. The van der Waals surface area contributed by atoms with E-state index in [0.29, 0.717) is 17.9 Å². The fraction of sp³-hybridized carbons (Fsp3) is 0.278. The van der Waals surface area contributed by atoms with Gasteiger partial charge in [-0.2, -0.15) is 0 Å². The lowest BCUT2D eigenvalue weighted by molar-refractivity contribution is -0.130. The lowest BCUT2D eigenvalue weighted by atomic mass is 10.0. The van der Waals surface area contributed by atoms with Crippen LogP contribution in [0.5, 0.6) is 0 Å². The summed E-state index contributed by atoms with van der Waals surface area (Å²) in [6.45, 7) is 0.610. The zero-order valence-corrected chi connectivity index (χ0v) is 13.6. The normalized spacial score (nSPS) is 18.2. The zero-order valence-electron chi connectivity index (χ0n) is 13.6. The van der Waals surface area contributed by atoms with Gasteiger partial charge in [0.25, 0.3) is 0 Å². The number of hydrogen-bond acceptors (Lipinski definition) is 4. The molecule has 1 fully saturated rings. The highest BCUT2D eigenvalue weighted by Crippen LogP contribution is 2.22. The van der Waals surface area contributed by atoms with Crippen molar-refractivity contribution >= 4 is 17.7 Å². The number of nitrogens with one attached hydrogen (secondary N) is 1. The van der Waals surface area contributed by atoms with Crippen molar-refractivity contribution in [3.05, 3.63) is 60.1 Å². The maximum Gasteiger partial charge on any atom is 0.244 e. The van der Waals surface area contributed by atoms with Crippen molar-refractivity contribution in [1.82, 2.24) is 10.2 Å². The molecule has 1 saturated heterocycles. The van der Waals surface area contributed by atoms with E-state index in [1.807, 2.05) is 6.07 Å². The molecule has 3 N–H and O–H groups in total. The van der Waals surface area contributed by atoms with Gasteiger partial charge in [0.1, 0.15) is 11.8 Å². The molecule has 2 unspecified atom stereocenters. The van der Waals surface area contributed by atoms with Crippen LogP contribution in [0.2, 0.25) is 0 Å². The summed E-state index contributed by atoms with van der Waals surface area (Å²) in [4.78, 5) is 37.9. The van der Waals surface area contributed by atoms with Crippen LogP contribution in [0, 0.1) is 5.92 Å². The number of nitrogens with zero attached hydrogens (tertiary/aromatic N) is 1. The molecule has 0 aliphatic carbocycles. The second kappa shape index (κ2) is 7.21. The molecule has 2 heterocycles. The van der Waals surface area contributed by atoms with Gasteiger partial charge in [-0.25, -0.2) is 0 Å². The average molecular weight is 341 g/mol. The first-order chi connectivity index (χ1) is 12.0. The van der Waals surface area contributed by atoms with Crippen LogP contribution in [-0.2, 0) is 20.9 Å². The molecular formula is C18H19N3O4. The van der Waals surface area contributed by atoms with Gasteiger partial charge in [-0.05, 0) is 17.7 Å².